The highest BCUT2D eigenvalue weighted by Gasteiger charge is 2.09. The molecule has 60 valence electrons. The molecule has 0 aliphatic rings. The van der Waals surface area contributed by atoms with E-state index in [1.807, 2.05) is 6.07 Å². The Morgan fingerprint density at radius 1 is 1.82 bits per heavy atom. The molecule has 0 amide bonds. The van der Waals surface area contributed by atoms with Gasteiger partial charge in [0.2, 0.25) is 0 Å². The Labute approximate surface area is 65.2 Å². The Kier molecular flexibility index (Phi) is 2.44. The third kappa shape index (κ3) is 2.20. The first kappa shape index (κ1) is 8.01. The lowest BCUT2D eigenvalue weighted by Crippen LogP contribution is -2.30. The molecule has 0 bridgehead atoms. The fourth-order valence-corrected chi connectivity index (χ4v) is 0.789. The number of carbonyl (C=O) groups excluding carboxylic acids is 1. The SMILES string of the molecule is CC(=O)[C@H](N)Cc1ccco1. The van der Waals surface area contributed by atoms with Gasteiger partial charge in [-0.15, -0.1) is 0 Å². The van der Waals surface area contributed by atoms with Gasteiger partial charge in [0, 0.05) is 6.42 Å². The van der Waals surface area contributed by atoms with E-state index in [1.165, 1.54) is 6.92 Å². The minimum Gasteiger partial charge on any atom is -0.469 e. The van der Waals surface area contributed by atoms with Crippen LogP contribution in [0.5, 0.6) is 0 Å². The fraction of sp³-hybridized carbons (Fsp3) is 0.375. The summed E-state index contributed by atoms with van der Waals surface area (Å²) in [5.41, 5.74) is 5.50. The van der Waals surface area contributed by atoms with Gasteiger partial charge in [-0.2, -0.15) is 0 Å². The van der Waals surface area contributed by atoms with Crippen molar-refractivity contribution in [2.75, 3.05) is 0 Å². The summed E-state index contributed by atoms with van der Waals surface area (Å²) in [6.45, 7) is 1.48. The van der Waals surface area contributed by atoms with Crippen molar-refractivity contribution in [2.24, 2.45) is 5.73 Å². The second-order valence-electron chi connectivity index (χ2n) is 2.50. The zero-order valence-corrected chi connectivity index (χ0v) is 6.41. The number of furan rings is 1. The van der Waals surface area contributed by atoms with Gasteiger partial charge in [-0.25, -0.2) is 0 Å². The predicted molar refractivity (Wildman–Crippen MR) is 41.1 cm³/mol. The van der Waals surface area contributed by atoms with Crippen molar-refractivity contribution in [2.45, 2.75) is 19.4 Å². The molecule has 1 aromatic rings. The van der Waals surface area contributed by atoms with Crippen LogP contribution in [0.15, 0.2) is 22.8 Å². The van der Waals surface area contributed by atoms with Crippen LogP contribution in [-0.2, 0) is 11.2 Å². The van der Waals surface area contributed by atoms with E-state index in [0.29, 0.717) is 6.42 Å². The van der Waals surface area contributed by atoms with Gasteiger partial charge in [0.05, 0.1) is 12.3 Å². The summed E-state index contributed by atoms with van der Waals surface area (Å²) in [6.07, 6.45) is 2.06. The lowest BCUT2D eigenvalue weighted by atomic mass is 10.1. The van der Waals surface area contributed by atoms with Gasteiger partial charge >= 0.3 is 0 Å². The fourth-order valence-electron chi connectivity index (χ4n) is 0.789. The van der Waals surface area contributed by atoms with Gasteiger partial charge in [-0.3, -0.25) is 4.79 Å². The lowest BCUT2D eigenvalue weighted by Gasteiger charge is -2.03. The monoisotopic (exact) mass is 153 g/mol. The molecule has 0 saturated heterocycles. The van der Waals surface area contributed by atoms with E-state index in [4.69, 9.17) is 10.2 Å². The largest absolute Gasteiger partial charge is 0.469 e. The van der Waals surface area contributed by atoms with Crippen molar-refractivity contribution < 1.29 is 9.21 Å². The second kappa shape index (κ2) is 3.34. The van der Waals surface area contributed by atoms with Crippen LogP contribution in [0.1, 0.15) is 12.7 Å². The van der Waals surface area contributed by atoms with Gasteiger partial charge in [0.15, 0.2) is 0 Å². The highest BCUT2D eigenvalue weighted by atomic mass is 16.3. The molecule has 0 saturated carbocycles. The first-order valence-electron chi connectivity index (χ1n) is 3.48. The molecule has 1 heterocycles. The highest BCUT2D eigenvalue weighted by molar-refractivity contribution is 5.81. The molecule has 3 heteroatoms. The first-order chi connectivity index (χ1) is 5.20. The van der Waals surface area contributed by atoms with Gasteiger partial charge < -0.3 is 10.2 Å². The van der Waals surface area contributed by atoms with Crippen LogP contribution >= 0.6 is 0 Å². The summed E-state index contributed by atoms with van der Waals surface area (Å²) < 4.78 is 5.02. The Bertz CT molecular complexity index is 228. The summed E-state index contributed by atoms with van der Waals surface area (Å²) in [4.78, 5) is 10.7. The van der Waals surface area contributed by atoms with Crippen molar-refractivity contribution in [3.05, 3.63) is 24.2 Å². The molecule has 0 radical (unpaired) electrons. The number of hydrogen-bond donors (Lipinski definition) is 1. The maximum atomic E-state index is 10.7. The zero-order valence-electron chi connectivity index (χ0n) is 6.41. The Hall–Kier alpha value is -1.09. The number of Topliss-reactive ketones (excluding diaryl/α,β-unsaturated/α-hetero) is 1. The Morgan fingerprint density at radius 3 is 3.00 bits per heavy atom. The van der Waals surface area contributed by atoms with Gasteiger partial charge in [0.1, 0.15) is 11.5 Å². The Balaban J connectivity index is 2.50. The molecule has 2 N–H and O–H groups in total. The van der Waals surface area contributed by atoms with Crippen molar-refractivity contribution in [3.8, 4) is 0 Å². The van der Waals surface area contributed by atoms with Crippen LogP contribution in [0.2, 0.25) is 0 Å². The number of nitrogens with two attached hydrogens (primary N) is 1. The third-order valence-electron chi connectivity index (χ3n) is 1.52. The maximum absolute atomic E-state index is 10.7. The van der Waals surface area contributed by atoms with E-state index in [2.05, 4.69) is 0 Å². The van der Waals surface area contributed by atoms with E-state index < -0.39 is 6.04 Å². The van der Waals surface area contributed by atoms with Gasteiger partial charge in [0.25, 0.3) is 0 Å². The molecule has 0 unspecified atom stereocenters. The minimum absolute atomic E-state index is 0.0126. The van der Waals surface area contributed by atoms with Crippen LogP contribution in [0, 0.1) is 0 Å². The summed E-state index contributed by atoms with van der Waals surface area (Å²) >= 11 is 0. The molecule has 1 rings (SSSR count). The summed E-state index contributed by atoms with van der Waals surface area (Å²) in [7, 11) is 0. The van der Waals surface area contributed by atoms with Gasteiger partial charge in [-0.05, 0) is 19.1 Å². The molecule has 0 spiro atoms. The summed E-state index contributed by atoms with van der Waals surface area (Å²) in [5, 5.41) is 0. The molecular weight excluding hydrogens is 142 g/mol. The minimum atomic E-state index is -0.429. The zero-order chi connectivity index (χ0) is 8.27. The predicted octanol–water partition coefficient (Wildman–Crippen LogP) is 0.738. The molecular formula is C8H11NO2. The van der Waals surface area contributed by atoms with E-state index in [1.54, 1.807) is 12.3 Å². The maximum Gasteiger partial charge on any atom is 0.146 e. The van der Waals surface area contributed by atoms with Crippen LogP contribution in [0.25, 0.3) is 0 Å². The summed E-state index contributed by atoms with van der Waals surface area (Å²) in [5.74, 6) is 0.745. The average molecular weight is 153 g/mol. The van der Waals surface area contributed by atoms with Crippen LogP contribution < -0.4 is 5.73 Å². The van der Waals surface area contributed by atoms with E-state index in [-0.39, 0.29) is 5.78 Å². The highest BCUT2D eigenvalue weighted by Crippen LogP contribution is 2.02. The smallest absolute Gasteiger partial charge is 0.146 e. The number of carbonyl (C=O) groups is 1. The average Bonchev–Trinajstić information content (AvgIpc) is 2.39. The summed E-state index contributed by atoms with van der Waals surface area (Å²) in [6, 6.07) is 3.16. The number of hydrogen-bond acceptors (Lipinski definition) is 3. The molecule has 0 fully saturated rings. The van der Waals surface area contributed by atoms with Crippen LogP contribution in [0.4, 0.5) is 0 Å². The van der Waals surface area contributed by atoms with E-state index >= 15 is 0 Å². The first-order valence-corrected chi connectivity index (χ1v) is 3.48. The number of rotatable bonds is 3. The topological polar surface area (TPSA) is 56.2 Å². The second-order valence-corrected chi connectivity index (χ2v) is 2.50. The van der Waals surface area contributed by atoms with Crippen LogP contribution in [-0.4, -0.2) is 11.8 Å². The van der Waals surface area contributed by atoms with Crippen molar-refractivity contribution in [1.29, 1.82) is 0 Å². The van der Waals surface area contributed by atoms with Crippen molar-refractivity contribution >= 4 is 5.78 Å². The van der Waals surface area contributed by atoms with E-state index in [0.717, 1.165) is 5.76 Å². The molecule has 1 atom stereocenters. The lowest BCUT2D eigenvalue weighted by molar-refractivity contribution is -0.118. The van der Waals surface area contributed by atoms with E-state index in [9.17, 15) is 4.79 Å². The van der Waals surface area contributed by atoms with Gasteiger partial charge in [-0.1, -0.05) is 0 Å². The van der Waals surface area contributed by atoms with Crippen LogP contribution in [0.3, 0.4) is 0 Å². The third-order valence-corrected chi connectivity index (χ3v) is 1.52. The van der Waals surface area contributed by atoms with Crippen molar-refractivity contribution in [3.63, 3.8) is 0 Å². The number of ketones is 1. The molecule has 0 aliphatic heterocycles. The normalized spacial score (nSPS) is 12.9. The Morgan fingerprint density at radius 2 is 2.55 bits per heavy atom. The van der Waals surface area contributed by atoms with Crippen molar-refractivity contribution in [1.82, 2.24) is 0 Å². The standard InChI is InChI=1S/C8H11NO2/c1-6(10)8(9)5-7-3-2-4-11-7/h2-4,8H,5,9H2,1H3/t8-/m1/s1. The molecule has 1 aromatic heterocycles. The molecule has 0 aromatic carbocycles. The molecule has 0 aliphatic carbocycles. The molecule has 3 nitrogen and oxygen atoms in total. The quantitative estimate of drug-likeness (QED) is 0.696. The molecule has 11 heavy (non-hydrogen) atoms.